The highest BCUT2D eigenvalue weighted by Gasteiger charge is 2.21. The molecule has 0 saturated heterocycles. The number of Topliss-reactive ketones (excluding diaryl/α,β-unsaturated/α-hetero) is 1. The van der Waals surface area contributed by atoms with Crippen LogP contribution in [0.3, 0.4) is 0 Å². The topological polar surface area (TPSA) is 78.4 Å². The highest BCUT2D eigenvalue weighted by atomic mass is 35.5. The molecule has 0 aliphatic heterocycles. The van der Waals surface area contributed by atoms with Crippen LogP contribution in [0.5, 0.6) is 11.8 Å². The van der Waals surface area contributed by atoms with Gasteiger partial charge >= 0.3 is 12.0 Å². The Kier molecular flexibility index (Phi) is 4.72. The Morgan fingerprint density at radius 1 is 1.23 bits per heavy atom. The zero-order valence-corrected chi connectivity index (χ0v) is 13.0. The van der Waals surface area contributed by atoms with Crippen LogP contribution in [0.15, 0.2) is 24.3 Å². The molecule has 0 unspecified atom stereocenters. The number of ether oxygens (including phenoxy) is 2. The number of halogens is 1. The highest BCUT2D eigenvalue weighted by Crippen LogP contribution is 2.28. The van der Waals surface area contributed by atoms with Crippen molar-refractivity contribution in [3.63, 3.8) is 0 Å². The second kappa shape index (κ2) is 6.53. The van der Waals surface area contributed by atoms with Crippen molar-refractivity contribution in [2.75, 3.05) is 7.11 Å². The van der Waals surface area contributed by atoms with Gasteiger partial charge in [0.1, 0.15) is 16.5 Å². The summed E-state index contributed by atoms with van der Waals surface area (Å²) >= 11 is 5.85. The molecule has 0 saturated carbocycles. The Hall–Kier alpha value is -2.47. The van der Waals surface area contributed by atoms with Crippen molar-refractivity contribution in [1.82, 2.24) is 9.97 Å². The van der Waals surface area contributed by atoms with E-state index in [2.05, 4.69) is 9.97 Å². The Morgan fingerprint density at radius 3 is 2.55 bits per heavy atom. The van der Waals surface area contributed by atoms with Crippen molar-refractivity contribution in [1.29, 1.82) is 0 Å². The summed E-state index contributed by atoms with van der Waals surface area (Å²) in [6, 6.07) is 6.19. The van der Waals surface area contributed by atoms with Gasteiger partial charge in [0.2, 0.25) is 0 Å². The van der Waals surface area contributed by atoms with Gasteiger partial charge in [-0.2, -0.15) is 4.98 Å². The number of hydrogen-bond acceptors (Lipinski definition) is 6. The molecule has 0 bridgehead atoms. The number of methoxy groups -OCH3 is 1. The predicted octanol–water partition coefficient (Wildman–Crippen LogP) is 3.22. The lowest BCUT2D eigenvalue weighted by Crippen LogP contribution is -2.11. The first kappa shape index (κ1) is 15.9. The van der Waals surface area contributed by atoms with Crippen molar-refractivity contribution in [2.45, 2.75) is 13.8 Å². The molecule has 0 radical (unpaired) electrons. The first-order chi connectivity index (χ1) is 10.4. The summed E-state index contributed by atoms with van der Waals surface area (Å²) in [4.78, 5) is 31.6. The first-order valence-corrected chi connectivity index (χ1v) is 6.71. The summed E-state index contributed by atoms with van der Waals surface area (Å²) < 4.78 is 10.2. The van der Waals surface area contributed by atoms with Gasteiger partial charge in [-0.3, -0.25) is 4.79 Å². The fourth-order valence-electron chi connectivity index (χ4n) is 1.87. The lowest BCUT2D eigenvalue weighted by atomic mass is 10.0. The van der Waals surface area contributed by atoms with Gasteiger partial charge in [0.25, 0.3) is 0 Å². The fraction of sp³-hybridized carbons (Fsp3) is 0.200. The third kappa shape index (κ3) is 3.40. The molecule has 0 spiro atoms. The molecule has 0 N–H and O–H groups in total. The number of carbonyl (C=O) groups excluding carboxylic acids is 2. The largest absolute Gasteiger partial charge is 0.465 e. The van der Waals surface area contributed by atoms with Gasteiger partial charge in [-0.05, 0) is 26.0 Å². The SMILES string of the molecule is COC(=O)c1c(Oc2nc(C)cc(Cl)n2)cccc1C(C)=O. The second-order valence-corrected chi connectivity index (χ2v) is 4.83. The van der Waals surface area contributed by atoms with Crippen LogP contribution in [0.2, 0.25) is 5.15 Å². The van der Waals surface area contributed by atoms with Gasteiger partial charge in [-0.1, -0.05) is 23.7 Å². The number of benzene rings is 1. The van der Waals surface area contributed by atoms with Crippen LogP contribution in [0.25, 0.3) is 0 Å². The lowest BCUT2D eigenvalue weighted by Gasteiger charge is -2.11. The molecule has 0 fully saturated rings. The van der Waals surface area contributed by atoms with Gasteiger partial charge < -0.3 is 9.47 Å². The molecule has 0 aliphatic carbocycles. The normalized spacial score (nSPS) is 10.2. The fourth-order valence-corrected chi connectivity index (χ4v) is 2.10. The minimum atomic E-state index is -0.681. The average Bonchev–Trinajstić information content (AvgIpc) is 2.45. The Morgan fingerprint density at radius 2 is 1.95 bits per heavy atom. The molecule has 2 rings (SSSR count). The van der Waals surface area contributed by atoms with Crippen molar-refractivity contribution in [3.8, 4) is 11.8 Å². The van der Waals surface area contributed by atoms with Crippen LogP contribution in [0.4, 0.5) is 0 Å². The second-order valence-electron chi connectivity index (χ2n) is 4.44. The molecule has 0 atom stereocenters. The van der Waals surface area contributed by atoms with Gasteiger partial charge in [0.15, 0.2) is 5.78 Å². The molecule has 1 heterocycles. The minimum absolute atomic E-state index is 0.0177. The number of ketones is 1. The van der Waals surface area contributed by atoms with E-state index < -0.39 is 5.97 Å². The van der Waals surface area contributed by atoms with E-state index in [0.29, 0.717) is 5.69 Å². The molecule has 114 valence electrons. The molecule has 0 aliphatic rings. The number of nitrogens with zero attached hydrogens (tertiary/aromatic N) is 2. The zero-order valence-electron chi connectivity index (χ0n) is 12.2. The first-order valence-electron chi connectivity index (χ1n) is 6.33. The number of hydrogen-bond donors (Lipinski definition) is 0. The van der Waals surface area contributed by atoms with Crippen LogP contribution in [-0.4, -0.2) is 28.8 Å². The molecule has 1 aromatic heterocycles. The zero-order chi connectivity index (χ0) is 16.3. The maximum atomic E-state index is 12.0. The third-order valence-corrected chi connectivity index (χ3v) is 2.99. The number of aryl methyl sites for hydroxylation is 1. The van der Waals surface area contributed by atoms with E-state index in [-0.39, 0.29) is 33.8 Å². The van der Waals surface area contributed by atoms with Crippen LogP contribution >= 0.6 is 11.6 Å². The van der Waals surface area contributed by atoms with Crippen molar-refractivity contribution < 1.29 is 19.1 Å². The van der Waals surface area contributed by atoms with E-state index in [0.717, 1.165) is 0 Å². The molecule has 22 heavy (non-hydrogen) atoms. The van der Waals surface area contributed by atoms with Gasteiger partial charge in [-0.25, -0.2) is 9.78 Å². The maximum absolute atomic E-state index is 12.0. The number of aromatic nitrogens is 2. The van der Waals surface area contributed by atoms with E-state index in [1.165, 1.54) is 26.2 Å². The molecule has 0 amide bonds. The summed E-state index contributed by atoms with van der Waals surface area (Å²) in [7, 11) is 1.23. The van der Waals surface area contributed by atoms with E-state index in [4.69, 9.17) is 21.1 Å². The molecular formula is C15H13ClN2O4. The summed E-state index contributed by atoms with van der Waals surface area (Å²) in [6.07, 6.45) is 0. The summed E-state index contributed by atoms with van der Waals surface area (Å²) in [5.74, 6) is -0.838. The van der Waals surface area contributed by atoms with Crippen molar-refractivity contribution in [3.05, 3.63) is 46.2 Å². The summed E-state index contributed by atoms with van der Waals surface area (Å²) in [5.41, 5.74) is 0.833. The van der Waals surface area contributed by atoms with Crippen LogP contribution < -0.4 is 4.74 Å². The van der Waals surface area contributed by atoms with Gasteiger partial charge in [0.05, 0.1) is 7.11 Å². The predicted molar refractivity (Wildman–Crippen MR) is 79.6 cm³/mol. The number of rotatable bonds is 4. The van der Waals surface area contributed by atoms with E-state index in [1.807, 2.05) is 0 Å². The average molecular weight is 321 g/mol. The number of esters is 1. The molecule has 7 heteroatoms. The molecular weight excluding hydrogens is 308 g/mol. The summed E-state index contributed by atoms with van der Waals surface area (Å²) in [6.45, 7) is 3.08. The molecule has 2 aromatic rings. The maximum Gasteiger partial charge on any atom is 0.342 e. The highest BCUT2D eigenvalue weighted by molar-refractivity contribution is 6.29. The van der Waals surface area contributed by atoms with Crippen LogP contribution in [0.1, 0.15) is 33.3 Å². The van der Waals surface area contributed by atoms with Crippen LogP contribution in [-0.2, 0) is 4.74 Å². The van der Waals surface area contributed by atoms with E-state index >= 15 is 0 Å². The molecule has 6 nitrogen and oxygen atoms in total. The van der Waals surface area contributed by atoms with Gasteiger partial charge in [-0.15, -0.1) is 0 Å². The number of carbonyl (C=O) groups is 2. The quantitative estimate of drug-likeness (QED) is 0.489. The van der Waals surface area contributed by atoms with E-state index in [1.54, 1.807) is 19.1 Å². The van der Waals surface area contributed by atoms with Crippen molar-refractivity contribution in [2.24, 2.45) is 0 Å². The Labute approximate surface area is 132 Å². The van der Waals surface area contributed by atoms with E-state index in [9.17, 15) is 9.59 Å². The Bertz CT molecular complexity index is 726. The van der Waals surface area contributed by atoms with Gasteiger partial charge in [0, 0.05) is 11.3 Å². The molecule has 1 aromatic carbocycles. The summed E-state index contributed by atoms with van der Waals surface area (Å²) in [5, 5.41) is 0.213. The Balaban J connectivity index is 2.52. The minimum Gasteiger partial charge on any atom is -0.465 e. The lowest BCUT2D eigenvalue weighted by molar-refractivity contribution is 0.0594. The standard InChI is InChI=1S/C15H13ClN2O4/c1-8-7-12(16)18-15(17-8)22-11-6-4-5-10(9(2)19)13(11)14(20)21-3/h4-7H,1-3H3. The monoisotopic (exact) mass is 320 g/mol. The van der Waals surface area contributed by atoms with Crippen molar-refractivity contribution >= 4 is 23.4 Å². The third-order valence-electron chi connectivity index (χ3n) is 2.80. The van der Waals surface area contributed by atoms with Crippen LogP contribution in [0, 0.1) is 6.92 Å². The smallest absolute Gasteiger partial charge is 0.342 e.